The fourth-order valence-corrected chi connectivity index (χ4v) is 2.85. The van der Waals surface area contributed by atoms with Crippen LogP contribution in [0.25, 0.3) is 0 Å². The molecule has 0 aromatic carbocycles. The van der Waals surface area contributed by atoms with E-state index in [2.05, 4.69) is 20.8 Å². The summed E-state index contributed by atoms with van der Waals surface area (Å²) in [4.78, 5) is 14.4. The number of hydrogen-bond acceptors (Lipinski definition) is 2. The van der Waals surface area contributed by atoms with Crippen molar-refractivity contribution in [2.24, 2.45) is 17.6 Å². The Kier molecular flexibility index (Phi) is 4.78. The maximum atomic E-state index is 12.4. The lowest BCUT2D eigenvalue weighted by molar-refractivity contribution is -0.140. The van der Waals surface area contributed by atoms with E-state index in [-0.39, 0.29) is 23.9 Å². The SMILES string of the molecule is CCN(C(=O)C1C(C)CCCC1N)C(C)C. The summed E-state index contributed by atoms with van der Waals surface area (Å²) in [5.74, 6) is 0.734. The van der Waals surface area contributed by atoms with Crippen molar-refractivity contribution in [3.8, 4) is 0 Å². The Morgan fingerprint density at radius 2 is 2.06 bits per heavy atom. The highest BCUT2D eigenvalue weighted by molar-refractivity contribution is 5.80. The first-order valence-electron chi connectivity index (χ1n) is 6.55. The second-order valence-electron chi connectivity index (χ2n) is 5.32. The van der Waals surface area contributed by atoms with Gasteiger partial charge >= 0.3 is 0 Å². The molecule has 2 N–H and O–H groups in total. The standard InChI is InChI=1S/C13H26N2O/c1-5-15(9(2)3)13(16)12-10(4)7-6-8-11(12)14/h9-12H,5-8,14H2,1-4H3. The van der Waals surface area contributed by atoms with Gasteiger partial charge in [0.2, 0.25) is 5.91 Å². The quantitative estimate of drug-likeness (QED) is 0.800. The highest BCUT2D eigenvalue weighted by Crippen LogP contribution is 2.30. The van der Waals surface area contributed by atoms with Gasteiger partial charge in [-0.3, -0.25) is 4.79 Å². The molecule has 0 aliphatic heterocycles. The summed E-state index contributed by atoms with van der Waals surface area (Å²) in [7, 11) is 0. The van der Waals surface area contributed by atoms with Crippen LogP contribution in [0.1, 0.15) is 47.0 Å². The van der Waals surface area contributed by atoms with Crippen LogP contribution in [0.5, 0.6) is 0 Å². The van der Waals surface area contributed by atoms with Gasteiger partial charge in [-0.2, -0.15) is 0 Å². The van der Waals surface area contributed by atoms with Gasteiger partial charge in [0.05, 0.1) is 5.92 Å². The molecule has 3 unspecified atom stereocenters. The van der Waals surface area contributed by atoms with E-state index in [9.17, 15) is 4.79 Å². The average Bonchev–Trinajstić information content (AvgIpc) is 2.17. The van der Waals surface area contributed by atoms with E-state index < -0.39 is 0 Å². The Bertz CT molecular complexity index is 230. The van der Waals surface area contributed by atoms with Crippen LogP contribution < -0.4 is 5.73 Å². The van der Waals surface area contributed by atoms with Crippen LogP contribution in [0.4, 0.5) is 0 Å². The number of rotatable bonds is 3. The molecule has 0 radical (unpaired) electrons. The predicted molar refractivity (Wildman–Crippen MR) is 67.0 cm³/mol. The van der Waals surface area contributed by atoms with Gasteiger partial charge in [-0.25, -0.2) is 0 Å². The van der Waals surface area contributed by atoms with Gasteiger partial charge in [-0.1, -0.05) is 13.3 Å². The van der Waals surface area contributed by atoms with Crippen molar-refractivity contribution in [2.45, 2.75) is 59.0 Å². The first-order chi connectivity index (χ1) is 7.49. The molecule has 1 saturated carbocycles. The van der Waals surface area contributed by atoms with Crippen molar-refractivity contribution >= 4 is 5.91 Å². The molecule has 16 heavy (non-hydrogen) atoms. The van der Waals surface area contributed by atoms with E-state index in [1.54, 1.807) is 0 Å². The van der Waals surface area contributed by atoms with Crippen molar-refractivity contribution < 1.29 is 4.79 Å². The zero-order valence-corrected chi connectivity index (χ0v) is 11.1. The van der Waals surface area contributed by atoms with Crippen molar-refractivity contribution in [3.05, 3.63) is 0 Å². The summed E-state index contributed by atoms with van der Waals surface area (Å²) < 4.78 is 0. The van der Waals surface area contributed by atoms with Crippen molar-refractivity contribution in [2.75, 3.05) is 6.54 Å². The molecule has 1 fully saturated rings. The van der Waals surface area contributed by atoms with Crippen molar-refractivity contribution in [1.29, 1.82) is 0 Å². The topological polar surface area (TPSA) is 46.3 Å². The van der Waals surface area contributed by atoms with Gasteiger partial charge in [0.1, 0.15) is 0 Å². The summed E-state index contributed by atoms with van der Waals surface area (Å²) in [6, 6.07) is 0.336. The van der Waals surface area contributed by atoms with Crippen LogP contribution in [0.2, 0.25) is 0 Å². The van der Waals surface area contributed by atoms with Gasteiger partial charge in [0.25, 0.3) is 0 Å². The largest absolute Gasteiger partial charge is 0.340 e. The van der Waals surface area contributed by atoms with Gasteiger partial charge in [-0.15, -0.1) is 0 Å². The molecule has 3 heteroatoms. The van der Waals surface area contributed by atoms with Crippen LogP contribution in [0.3, 0.4) is 0 Å². The first-order valence-corrected chi connectivity index (χ1v) is 6.55. The molecule has 1 amide bonds. The number of nitrogens with two attached hydrogens (primary N) is 1. The Morgan fingerprint density at radius 3 is 2.50 bits per heavy atom. The zero-order valence-electron chi connectivity index (χ0n) is 11.1. The summed E-state index contributed by atoms with van der Waals surface area (Å²) in [5.41, 5.74) is 6.12. The Hall–Kier alpha value is -0.570. The third-order valence-electron chi connectivity index (χ3n) is 3.80. The summed E-state index contributed by atoms with van der Waals surface area (Å²) >= 11 is 0. The molecule has 94 valence electrons. The molecule has 3 nitrogen and oxygen atoms in total. The number of nitrogens with zero attached hydrogens (tertiary/aromatic N) is 1. The molecular formula is C13H26N2O. The van der Waals surface area contributed by atoms with E-state index in [0.29, 0.717) is 5.92 Å². The first kappa shape index (κ1) is 13.5. The molecule has 0 bridgehead atoms. The summed E-state index contributed by atoms with van der Waals surface area (Å²) in [5, 5.41) is 0. The van der Waals surface area contributed by atoms with Crippen LogP contribution in [0.15, 0.2) is 0 Å². The van der Waals surface area contributed by atoms with Crippen molar-refractivity contribution in [1.82, 2.24) is 4.90 Å². The monoisotopic (exact) mass is 226 g/mol. The molecule has 0 spiro atoms. The maximum Gasteiger partial charge on any atom is 0.227 e. The summed E-state index contributed by atoms with van der Waals surface area (Å²) in [6.45, 7) is 9.12. The minimum absolute atomic E-state index is 0.0381. The lowest BCUT2D eigenvalue weighted by Crippen LogP contribution is -2.50. The molecule has 0 aromatic rings. The predicted octanol–water partition coefficient (Wildman–Crippen LogP) is 2.01. The number of hydrogen-bond donors (Lipinski definition) is 1. The third kappa shape index (κ3) is 2.76. The number of carbonyl (C=O) groups is 1. The molecular weight excluding hydrogens is 200 g/mol. The maximum absolute atomic E-state index is 12.4. The van der Waals surface area contributed by atoms with Crippen LogP contribution in [-0.4, -0.2) is 29.4 Å². The van der Waals surface area contributed by atoms with Gasteiger partial charge in [0, 0.05) is 18.6 Å². The van der Waals surface area contributed by atoms with Crippen molar-refractivity contribution in [3.63, 3.8) is 0 Å². The molecule has 0 heterocycles. The lowest BCUT2D eigenvalue weighted by atomic mass is 9.76. The van der Waals surface area contributed by atoms with Gasteiger partial charge in [0.15, 0.2) is 0 Å². The second kappa shape index (κ2) is 5.67. The molecule has 0 saturated heterocycles. The average molecular weight is 226 g/mol. The van der Waals surface area contributed by atoms with E-state index in [4.69, 9.17) is 5.73 Å². The highest BCUT2D eigenvalue weighted by atomic mass is 16.2. The smallest absolute Gasteiger partial charge is 0.227 e. The van der Waals surface area contributed by atoms with E-state index >= 15 is 0 Å². The molecule has 1 rings (SSSR count). The highest BCUT2D eigenvalue weighted by Gasteiger charge is 2.36. The molecule has 1 aliphatic carbocycles. The molecule has 0 aromatic heterocycles. The Morgan fingerprint density at radius 1 is 1.44 bits per heavy atom. The van der Waals surface area contributed by atoms with Gasteiger partial charge < -0.3 is 10.6 Å². The minimum Gasteiger partial charge on any atom is -0.340 e. The third-order valence-corrected chi connectivity index (χ3v) is 3.80. The lowest BCUT2D eigenvalue weighted by Gasteiger charge is -2.38. The normalized spacial score (nSPS) is 30.5. The number of carbonyl (C=O) groups excluding carboxylic acids is 1. The van der Waals surface area contributed by atoms with E-state index in [1.165, 1.54) is 6.42 Å². The van der Waals surface area contributed by atoms with Gasteiger partial charge in [-0.05, 0) is 39.5 Å². The van der Waals surface area contributed by atoms with E-state index in [1.807, 2.05) is 11.8 Å². The number of amides is 1. The van der Waals surface area contributed by atoms with Crippen LogP contribution in [-0.2, 0) is 4.79 Å². The fraction of sp³-hybridized carbons (Fsp3) is 0.923. The van der Waals surface area contributed by atoms with Crippen LogP contribution >= 0.6 is 0 Å². The molecule has 1 aliphatic rings. The van der Waals surface area contributed by atoms with E-state index in [0.717, 1.165) is 19.4 Å². The second-order valence-corrected chi connectivity index (χ2v) is 5.32. The van der Waals surface area contributed by atoms with Crippen LogP contribution in [0, 0.1) is 11.8 Å². The summed E-state index contributed by atoms with van der Waals surface area (Å²) in [6.07, 6.45) is 3.30. The minimum atomic E-state index is 0.0381. The fourth-order valence-electron chi connectivity index (χ4n) is 2.85. The zero-order chi connectivity index (χ0) is 12.3. The Balaban J connectivity index is 2.76. The Labute approximate surface area is 99.4 Å². The molecule has 3 atom stereocenters.